The van der Waals surface area contributed by atoms with E-state index in [0.717, 1.165) is 17.5 Å². The summed E-state index contributed by atoms with van der Waals surface area (Å²) in [5.41, 5.74) is 2.03. The van der Waals surface area contributed by atoms with Gasteiger partial charge >= 0.3 is 6.03 Å². The first-order chi connectivity index (χ1) is 11.2. The molecule has 0 saturated carbocycles. The van der Waals surface area contributed by atoms with Gasteiger partial charge < -0.3 is 15.4 Å². The number of aromatic nitrogens is 1. The van der Waals surface area contributed by atoms with Crippen molar-refractivity contribution in [3.05, 3.63) is 64.9 Å². The smallest absolute Gasteiger partial charge is 0.315 e. The van der Waals surface area contributed by atoms with Gasteiger partial charge in [0.1, 0.15) is 0 Å². The molecule has 2 amide bonds. The van der Waals surface area contributed by atoms with Gasteiger partial charge in [-0.25, -0.2) is 4.79 Å². The van der Waals surface area contributed by atoms with E-state index in [9.17, 15) is 4.79 Å². The third kappa shape index (κ3) is 5.88. The Bertz CT molecular complexity index is 605. The fourth-order valence-electron chi connectivity index (χ4n) is 2.16. The van der Waals surface area contributed by atoms with E-state index in [1.54, 1.807) is 31.6 Å². The highest BCUT2D eigenvalue weighted by atomic mass is 35.5. The van der Waals surface area contributed by atoms with Gasteiger partial charge in [-0.3, -0.25) is 4.98 Å². The number of amides is 2. The van der Waals surface area contributed by atoms with Gasteiger partial charge in [0.15, 0.2) is 0 Å². The van der Waals surface area contributed by atoms with Crippen molar-refractivity contribution in [2.45, 2.75) is 12.5 Å². The molecule has 0 spiro atoms. The summed E-state index contributed by atoms with van der Waals surface area (Å²) >= 11 is 5.89. The van der Waals surface area contributed by atoms with Crippen molar-refractivity contribution in [1.29, 1.82) is 0 Å². The zero-order chi connectivity index (χ0) is 16.5. The van der Waals surface area contributed by atoms with E-state index in [2.05, 4.69) is 15.6 Å². The minimum absolute atomic E-state index is 0.226. The van der Waals surface area contributed by atoms with Crippen LogP contribution in [0.5, 0.6) is 0 Å². The van der Waals surface area contributed by atoms with Crippen LogP contribution in [0.25, 0.3) is 0 Å². The summed E-state index contributed by atoms with van der Waals surface area (Å²) < 4.78 is 5.18. The Morgan fingerprint density at radius 2 is 2.09 bits per heavy atom. The molecule has 0 unspecified atom stereocenters. The number of urea groups is 1. The number of ether oxygens (including phenoxy) is 1. The van der Waals surface area contributed by atoms with Crippen LogP contribution < -0.4 is 10.6 Å². The molecule has 0 radical (unpaired) electrons. The van der Waals surface area contributed by atoms with Crippen molar-refractivity contribution in [2.24, 2.45) is 0 Å². The first-order valence-electron chi connectivity index (χ1n) is 7.36. The third-order valence-electron chi connectivity index (χ3n) is 3.33. The summed E-state index contributed by atoms with van der Waals surface area (Å²) in [6.45, 7) is 0.926. The van der Waals surface area contributed by atoms with Crippen LogP contribution in [0.4, 0.5) is 4.79 Å². The van der Waals surface area contributed by atoms with Crippen LogP contribution in [-0.2, 0) is 11.2 Å². The number of benzene rings is 1. The lowest BCUT2D eigenvalue weighted by Gasteiger charge is -2.19. The molecule has 0 aliphatic carbocycles. The SMILES string of the molecule is COC[C@@H](NC(=O)NCCc1cccnc1)c1ccc(Cl)cc1. The van der Waals surface area contributed by atoms with Crippen molar-refractivity contribution < 1.29 is 9.53 Å². The molecule has 0 aliphatic heterocycles. The topological polar surface area (TPSA) is 63.2 Å². The number of nitrogens with zero attached hydrogens (tertiary/aromatic N) is 1. The molecule has 5 nitrogen and oxygen atoms in total. The Hall–Kier alpha value is -2.11. The molecule has 6 heteroatoms. The molecular formula is C17H20ClN3O2. The predicted octanol–water partition coefficient (Wildman–Crippen LogP) is 2.96. The van der Waals surface area contributed by atoms with Crippen molar-refractivity contribution >= 4 is 17.6 Å². The Labute approximate surface area is 141 Å². The first kappa shape index (κ1) is 17.2. The number of hydrogen-bond donors (Lipinski definition) is 2. The van der Waals surface area contributed by atoms with Gasteiger partial charge in [0, 0.05) is 31.1 Å². The molecule has 0 aliphatic rings. The zero-order valence-electron chi connectivity index (χ0n) is 13.0. The van der Waals surface area contributed by atoms with Crippen LogP contribution in [0, 0.1) is 0 Å². The maximum absolute atomic E-state index is 12.0. The average Bonchev–Trinajstić information content (AvgIpc) is 2.56. The third-order valence-corrected chi connectivity index (χ3v) is 3.59. The van der Waals surface area contributed by atoms with E-state index >= 15 is 0 Å². The number of rotatable bonds is 7. The quantitative estimate of drug-likeness (QED) is 0.818. The second-order valence-corrected chi connectivity index (χ2v) is 5.51. The fourth-order valence-corrected chi connectivity index (χ4v) is 2.28. The van der Waals surface area contributed by atoms with E-state index < -0.39 is 0 Å². The van der Waals surface area contributed by atoms with E-state index in [1.165, 1.54) is 0 Å². The normalized spacial score (nSPS) is 11.7. The monoisotopic (exact) mass is 333 g/mol. The largest absolute Gasteiger partial charge is 0.382 e. The number of methoxy groups -OCH3 is 1. The summed E-state index contributed by atoms with van der Waals surface area (Å²) in [4.78, 5) is 16.1. The standard InChI is InChI=1S/C17H20ClN3O2/c1-23-12-16(14-4-6-15(18)7-5-14)21-17(22)20-10-8-13-3-2-9-19-11-13/h2-7,9,11,16H,8,10,12H2,1H3,(H2,20,21,22)/t16-/m1/s1. The molecule has 23 heavy (non-hydrogen) atoms. The molecule has 1 heterocycles. The average molecular weight is 334 g/mol. The second-order valence-electron chi connectivity index (χ2n) is 5.07. The van der Waals surface area contributed by atoms with Crippen LogP contribution in [0.1, 0.15) is 17.2 Å². The number of halogens is 1. The van der Waals surface area contributed by atoms with Crippen LogP contribution in [0.2, 0.25) is 5.02 Å². The maximum atomic E-state index is 12.0. The molecule has 1 aromatic heterocycles. The summed E-state index contributed by atoms with van der Waals surface area (Å²) in [6.07, 6.45) is 4.25. The van der Waals surface area contributed by atoms with Crippen LogP contribution in [-0.4, -0.2) is 31.3 Å². The first-order valence-corrected chi connectivity index (χ1v) is 7.74. The molecule has 0 fully saturated rings. The molecule has 2 rings (SSSR count). The minimum atomic E-state index is -0.231. The van der Waals surface area contributed by atoms with Gasteiger partial charge in [-0.15, -0.1) is 0 Å². The Morgan fingerprint density at radius 3 is 2.74 bits per heavy atom. The highest BCUT2D eigenvalue weighted by Crippen LogP contribution is 2.16. The van der Waals surface area contributed by atoms with E-state index in [0.29, 0.717) is 18.2 Å². The van der Waals surface area contributed by atoms with E-state index in [1.807, 2.05) is 24.3 Å². The van der Waals surface area contributed by atoms with Crippen molar-refractivity contribution in [1.82, 2.24) is 15.6 Å². The molecule has 0 bridgehead atoms. The minimum Gasteiger partial charge on any atom is -0.382 e. The Balaban J connectivity index is 1.84. The summed E-state index contributed by atoms with van der Waals surface area (Å²) in [7, 11) is 1.60. The van der Waals surface area contributed by atoms with E-state index in [4.69, 9.17) is 16.3 Å². The van der Waals surface area contributed by atoms with Gasteiger partial charge in [0.2, 0.25) is 0 Å². The molecule has 1 aromatic carbocycles. The molecule has 1 atom stereocenters. The van der Waals surface area contributed by atoms with Gasteiger partial charge in [-0.05, 0) is 35.7 Å². The van der Waals surface area contributed by atoms with Gasteiger partial charge in [0.05, 0.1) is 12.6 Å². The molecular weight excluding hydrogens is 314 g/mol. The van der Waals surface area contributed by atoms with Crippen molar-refractivity contribution in [3.8, 4) is 0 Å². The maximum Gasteiger partial charge on any atom is 0.315 e. The van der Waals surface area contributed by atoms with Gasteiger partial charge in [0.25, 0.3) is 0 Å². The predicted molar refractivity (Wildman–Crippen MR) is 90.5 cm³/mol. The molecule has 122 valence electrons. The van der Waals surface area contributed by atoms with Gasteiger partial charge in [-0.1, -0.05) is 29.8 Å². The lowest BCUT2D eigenvalue weighted by molar-refractivity contribution is 0.166. The molecule has 0 saturated heterocycles. The summed E-state index contributed by atoms with van der Waals surface area (Å²) in [5.74, 6) is 0. The fraction of sp³-hybridized carbons (Fsp3) is 0.294. The summed E-state index contributed by atoms with van der Waals surface area (Å²) in [6, 6.07) is 10.7. The highest BCUT2D eigenvalue weighted by molar-refractivity contribution is 6.30. The lowest BCUT2D eigenvalue weighted by atomic mass is 10.1. The van der Waals surface area contributed by atoms with Crippen molar-refractivity contribution in [3.63, 3.8) is 0 Å². The summed E-state index contributed by atoms with van der Waals surface area (Å²) in [5, 5.41) is 6.41. The van der Waals surface area contributed by atoms with E-state index in [-0.39, 0.29) is 12.1 Å². The number of pyridine rings is 1. The van der Waals surface area contributed by atoms with Crippen molar-refractivity contribution in [2.75, 3.05) is 20.3 Å². The number of nitrogens with one attached hydrogen (secondary N) is 2. The number of hydrogen-bond acceptors (Lipinski definition) is 3. The molecule has 2 N–H and O–H groups in total. The lowest BCUT2D eigenvalue weighted by Crippen LogP contribution is -2.40. The Kier molecular flexibility index (Phi) is 6.84. The van der Waals surface area contributed by atoms with Crippen LogP contribution in [0.3, 0.4) is 0 Å². The van der Waals surface area contributed by atoms with Crippen LogP contribution in [0.15, 0.2) is 48.8 Å². The zero-order valence-corrected chi connectivity index (χ0v) is 13.7. The number of carbonyl (C=O) groups excluding carboxylic acids is 1. The van der Waals surface area contributed by atoms with Gasteiger partial charge in [-0.2, -0.15) is 0 Å². The second kappa shape index (κ2) is 9.12. The number of carbonyl (C=O) groups is 1. The highest BCUT2D eigenvalue weighted by Gasteiger charge is 2.14. The molecule has 2 aromatic rings. The van der Waals surface area contributed by atoms with Crippen LogP contribution >= 0.6 is 11.6 Å². The Morgan fingerprint density at radius 1 is 1.30 bits per heavy atom.